The maximum atomic E-state index is 12.3. The Morgan fingerprint density at radius 1 is 1.19 bits per heavy atom. The SMILES string of the molecule is Cc1cc(N2C(=O)OC[C@@H]2C2CC2)nc(N[C@@H](C)c2cc(-c3ccc(Cl)cc3)on2)n1. The van der Waals surface area contributed by atoms with Crippen LogP contribution in [0.15, 0.2) is 40.9 Å². The molecule has 3 heterocycles. The molecular formula is C22H22ClN5O3. The van der Waals surface area contributed by atoms with Gasteiger partial charge in [0.25, 0.3) is 0 Å². The Kier molecular flexibility index (Phi) is 5.02. The third-order valence-electron chi connectivity index (χ3n) is 5.61. The topological polar surface area (TPSA) is 93.4 Å². The van der Waals surface area contributed by atoms with E-state index in [4.69, 9.17) is 20.9 Å². The number of nitrogens with one attached hydrogen (secondary N) is 1. The number of halogens is 1. The van der Waals surface area contributed by atoms with Gasteiger partial charge in [0.05, 0.1) is 12.1 Å². The number of hydrogen-bond acceptors (Lipinski definition) is 7. The van der Waals surface area contributed by atoms with Gasteiger partial charge in [0, 0.05) is 28.4 Å². The summed E-state index contributed by atoms with van der Waals surface area (Å²) in [5.74, 6) is 2.12. The molecule has 5 rings (SSSR count). The second-order valence-electron chi connectivity index (χ2n) is 8.03. The Morgan fingerprint density at radius 3 is 2.71 bits per heavy atom. The molecule has 3 aromatic rings. The molecule has 8 nitrogen and oxygen atoms in total. The van der Waals surface area contributed by atoms with Gasteiger partial charge in [-0.1, -0.05) is 16.8 Å². The number of carbonyl (C=O) groups excluding carboxylic acids is 1. The number of carbonyl (C=O) groups is 1. The Morgan fingerprint density at radius 2 is 1.97 bits per heavy atom. The van der Waals surface area contributed by atoms with Crippen molar-refractivity contribution in [3.05, 3.63) is 52.8 Å². The first kappa shape index (κ1) is 19.8. The lowest BCUT2D eigenvalue weighted by Crippen LogP contribution is -2.36. The zero-order chi connectivity index (χ0) is 21.5. The van der Waals surface area contributed by atoms with E-state index in [1.807, 2.05) is 38.1 Å². The van der Waals surface area contributed by atoms with Crippen LogP contribution in [0.3, 0.4) is 0 Å². The summed E-state index contributed by atoms with van der Waals surface area (Å²) in [6.07, 6.45) is 1.89. The summed E-state index contributed by atoms with van der Waals surface area (Å²) in [4.78, 5) is 23.1. The fourth-order valence-electron chi connectivity index (χ4n) is 3.78. The standard InChI is InChI=1S/C22H22ClN5O3/c1-12-9-20(28-18(14-3-4-14)11-30-22(28)29)26-21(24-12)25-13(2)17-10-19(31-27-17)15-5-7-16(23)8-6-15/h5-10,13-14,18H,3-4,11H2,1-2H3,(H,24,25,26)/t13-,18+/m0/s1. The zero-order valence-corrected chi connectivity index (χ0v) is 18.0. The van der Waals surface area contributed by atoms with Gasteiger partial charge in [0.15, 0.2) is 5.76 Å². The lowest BCUT2D eigenvalue weighted by molar-refractivity contribution is 0.178. The van der Waals surface area contributed by atoms with Gasteiger partial charge in [-0.2, -0.15) is 4.98 Å². The fourth-order valence-corrected chi connectivity index (χ4v) is 3.90. The molecule has 2 aromatic heterocycles. The number of cyclic esters (lactones) is 1. The van der Waals surface area contributed by atoms with Crippen LogP contribution in [0.4, 0.5) is 16.6 Å². The van der Waals surface area contributed by atoms with Crippen molar-refractivity contribution in [2.75, 3.05) is 16.8 Å². The van der Waals surface area contributed by atoms with Crippen LogP contribution in [0, 0.1) is 12.8 Å². The molecule has 1 amide bonds. The normalized spacial score (nSPS) is 19.4. The van der Waals surface area contributed by atoms with Gasteiger partial charge in [0.1, 0.15) is 18.1 Å². The number of rotatable bonds is 6. The molecule has 31 heavy (non-hydrogen) atoms. The molecule has 1 aliphatic carbocycles. The van der Waals surface area contributed by atoms with Crippen LogP contribution >= 0.6 is 11.6 Å². The van der Waals surface area contributed by atoms with E-state index in [-0.39, 0.29) is 18.2 Å². The van der Waals surface area contributed by atoms with Crippen molar-refractivity contribution >= 4 is 29.5 Å². The molecule has 2 aliphatic rings. The van der Waals surface area contributed by atoms with Crippen LogP contribution in [0.25, 0.3) is 11.3 Å². The first-order chi connectivity index (χ1) is 15.0. The van der Waals surface area contributed by atoms with Crippen LogP contribution in [-0.2, 0) is 4.74 Å². The van der Waals surface area contributed by atoms with Gasteiger partial charge < -0.3 is 14.6 Å². The average molecular weight is 440 g/mol. The number of ether oxygens (including phenoxy) is 1. The summed E-state index contributed by atoms with van der Waals surface area (Å²) in [5, 5.41) is 8.11. The average Bonchev–Trinajstić information content (AvgIpc) is 3.32. The minimum atomic E-state index is -0.349. The van der Waals surface area contributed by atoms with Crippen molar-refractivity contribution in [2.45, 2.75) is 38.8 Å². The number of hydrogen-bond donors (Lipinski definition) is 1. The van der Waals surface area contributed by atoms with Crippen molar-refractivity contribution < 1.29 is 14.1 Å². The molecular weight excluding hydrogens is 418 g/mol. The van der Waals surface area contributed by atoms with Crippen molar-refractivity contribution in [3.63, 3.8) is 0 Å². The largest absolute Gasteiger partial charge is 0.447 e. The minimum Gasteiger partial charge on any atom is -0.447 e. The van der Waals surface area contributed by atoms with E-state index >= 15 is 0 Å². The van der Waals surface area contributed by atoms with Gasteiger partial charge in [-0.05, 0) is 56.9 Å². The van der Waals surface area contributed by atoms with E-state index in [1.165, 1.54) is 0 Å². The van der Waals surface area contributed by atoms with Crippen molar-refractivity contribution in [3.8, 4) is 11.3 Å². The summed E-state index contributed by atoms with van der Waals surface area (Å²) in [6, 6.07) is 10.9. The highest BCUT2D eigenvalue weighted by molar-refractivity contribution is 6.30. The summed E-state index contributed by atoms with van der Waals surface area (Å²) >= 11 is 5.95. The van der Waals surface area contributed by atoms with E-state index < -0.39 is 0 Å². The first-order valence-electron chi connectivity index (χ1n) is 10.3. The molecule has 0 radical (unpaired) electrons. The highest BCUT2D eigenvalue weighted by Gasteiger charge is 2.44. The molecule has 0 spiro atoms. The molecule has 1 aromatic carbocycles. The second kappa shape index (κ2) is 7.85. The maximum Gasteiger partial charge on any atom is 0.415 e. The van der Waals surface area contributed by atoms with Gasteiger partial charge >= 0.3 is 6.09 Å². The molecule has 1 saturated heterocycles. The highest BCUT2D eigenvalue weighted by Crippen LogP contribution is 2.39. The van der Waals surface area contributed by atoms with E-state index in [1.54, 1.807) is 17.0 Å². The molecule has 0 unspecified atom stereocenters. The van der Waals surface area contributed by atoms with Crippen LogP contribution in [0.1, 0.15) is 37.2 Å². The van der Waals surface area contributed by atoms with Crippen LogP contribution < -0.4 is 10.2 Å². The van der Waals surface area contributed by atoms with Crippen molar-refractivity contribution in [2.24, 2.45) is 5.92 Å². The monoisotopic (exact) mass is 439 g/mol. The first-order valence-corrected chi connectivity index (χ1v) is 10.7. The Bertz CT molecular complexity index is 1110. The lowest BCUT2D eigenvalue weighted by Gasteiger charge is -2.21. The number of anilines is 2. The summed E-state index contributed by atoms with van der Waals surface area (Å²) < 4.78 is 10.8. The van der Waals surface area contributed by atoms with E-state index in [2.05, 4.69) is 20.4 Å². The van der Waals surface area contributed by atoms with Gasteiger partial charge in [-0.3, -0.25) is 4.90 Å². The Labute approximate surface area is 184 Å². The van der Waals surface area contributed by atoms with Crippen LogP contribution in [-0.4, -0.2) is 33.9 Å². The lowest BCUT2D eigenvalue weighted by atomic mass is 10.1. The van der Waals surface area contributed by atoms with Crippen LogP contribution in [0.5, 0.6) is 0 Å². The smallest absolute Gasteiger partial charge is 0.415 e. The van der Waals surface area contributed by atoms with E-state index in [0.29, 0.717) is 40.8 Å². The molecule has 160 valence electrons. The van der Waals surface area contributed by atoms with Crippen molar-refractivity contribution in [1.82, 2.24) is 15.1 Å². The van der Waals surface area contributed by atoms with Gasteiger partial charge in [-0.25, -0.2) is 9.78 Å². The second-order valence-corrected chi connectivity index (χ2v) is 8.47. The number of benzene rings is 1. The quantitative estimate of drug-likeness (QED) is 0.577. The molecule has 1 saturated carbocycles. The number of amides is 1. The molecule has 2 atom stereocenters. The van der Waals surface area contributed by atoms with Gasteiger partial charge in [0.2, 0.25) is 5.95 Å². The van der Waals surface area contributed by atoms with E-state index in [9.17, 15) is 4.79 Å². The maximum absolute atomic E-state index is 12.3. The Hall–Kier alpha value is -3.13. The third kappa shape index (κ3) is 4.07. The fraction of sp³-hybridized carbons (Fsp3) is 0.364. The molecule has 1 aliphatic heterocycles. The predicted molar refractivity (Wildman–Crippen MR) is 116 cm³/mol. The molecule has 0 bridgehead atoms. The summed E-state index contributed by atoms with van der Waals surface area (Å²) in [5.41, 5.74) is 2.37. The molecule has 2 fully saturated rings. The minimum absolute atomic E-state index is 0.0459. The summed E-state index contributed by atoms with van der Waals surface area (Å²) in [7, 11) is 0. The third-order valence-corrected chi connectivity index (χ3v) is 5.86. The highest BCUT2D eigenvalue weighted by atomic mass is 35.5. The van der Waals surface area contributed by atoms with Crippen molar-refractivity contribution in [1.29, 1.82) is 0 Å². The predicted octanol–water partition coefficient (Wildman–Crippen LogP) is 5.00. The number of aromatic nitrogens is 3. The molecule has 9 heteroatoms. The molecule has 1 N–H and O–H groups in total. The van der Waals surface area contributed by atoms with E-state index in [0.717, 1.165) is 24.1 Å². The number of aryl methyl sites for hydroxylation is 1. The Balaban J connectivity index is 1.35. The zero-order valence-electron chi connectivity index (χ0n) is 17.2. The summed E-state index contributed by atoms with van der Waals surface area (Å²) in [6.45, 7) is 4.24. The number of nitrogens with zero attached hydrogens (tertiary/aromatic N) is 4. The van der Waals surface area contributed by atoms with Crippen LogP contribution in [0.2, 0.25) is 5.02 Å². The van der Waals surface area contributed by atoms with Gasteiger partial charge in [-0.15, -0.1) is 0 Å².